The number of nitrogens with zero attached hydrogens (tertiary/aromatic N) is 2. The van der Waals surface area contributed by atoms with Crippen LogP contribution in [0.25, 0.3) is 10.2 Å². The summed E-state index contributed by atoms with van der Waals surface area (Å²) in [6, 6.07) is 9.29. The molecule has 5 rings (SSSR count). The molecule has 7 nitrogen and oxygen atoms in total. The Morgan fingerprint density at radius 1 is 1.11 bits per heavy atom. The van der Waals surface area contributed by atoms with E-state index in [0.29, 0.717) is 40.4 Å². The van der Waals surface area contributed by atoms with Crippen molar-refractivity contribution in [2.24, 2.45) is 0 Å². The first-order valence-corrected chi connectivity index (χ1v) is 12.7. The maximum atomic E-state index is 14.1. The Kier molecular flexibility index (Phi) is 6.80. The zero-order valence-electron chi connectivity index (χ0n) is 20.2. The van der Waals surface area contributed by atoms with Crippen LogP contribution in [-0.4, -0.2) is 55.2 Å². The molecule has 2 bridgehead atoms. The number of nitrogens with one attached hydrogen (secondary N) is 1. The van der Waals surface area contributed by atoms with Gasteiger partial charge in [0.15, 0.2) is 11.5 Å². The quantitative estimate of drug-likeness (QED) is 0.505. The van der Waals surface area contributed by atoms with Gasteiger partial charge in [-0.2, -0.15) is 0 Å². The molecule has 2 aliphatic rings. The molecule has 35 heavy (non-hydrogen) atoms. The monoisotopic (exact) mass is 499 g/mol. The van der Waals surface area contributed by atoms with Gasteiger partial charge in [0.05, 0.1) is 32.6 Å². The second-order valence-corrected chi connectivity index (χ2v) is 10.3. The summed E-state index contributed by atoms with van der Waals surface area (Å²) in [5.74, 6) is 0.955. The van der Waals surface area contributed by atoms with Crippen LogP contribution in [-0.2, 0) is 6.54 Å². The largest absolute Gasteiger partial charge is 0.493 e. The summed E-state index contributed by atoms with van der Waals surface area (Å²) in [5, 5.41) is 4.18. The third-order valence-electron chi connectivity index (χ3n) is 7.12. The van der Waals surface area contributed by atoms with E-state index >= 15 is 0 Å². The number of carbonyl (C=O) groups excluding carboxylic acids is 1. The number of ether oxygens (including phenoxy) is 3. The molecular weight excluding hydrogens is 469 g/mol. The highest BCUT2D eigenvalue weighted by Crippen LogP contribution is 2.39. The van der Waals surface area contributed by atoms with Crippen LogP contribution in [0, 0.1) is 5.82 Å². The molecule has 186 valence electrons. The highest BCUT2D eigenvalue weighted by molar-refractivity contribution is 7.18. The van der Waals surface area contributed by atoms with Crippen LogP contribution in [0.1, 0.15) is 47.5 Å². The molecule has 2 aliphatic heterocycles. The number of para-hydroxylation sites is 1. The summed E-state index contributed by atoms with van der Waals surface area (Å²) in [7, 11) is 4.61. The Bertz CT molecular complexity index is 1190. The Morgan fingerprint density at radius 2 is 1.80 bits per heavy atom. The van der Waals surface area contributed by atoms with Gasteiger partial charge in [0, 0.05) is 23.7 Å². The van der Waals surface area contributed by atoms with Crippen molar-refractivity contribution >= 4 is 27.5 Å². The van der Waals surface area contributed by atoms with Gasteiger partial charge in [-0.15, -0.1) is 11.3 Å². The number of hydrogen-bond donors (Lipinski definition) is 1. The van der Waals surface area contributed by atoms with Gasteiger partial charge in [0.2, 0.25) is 5.75 Å². The molecule has 1 aromatic heterocycles. The molecular formula is C26H30FN3O4S. The highest BCUT2D eigenvalue weighted by Gasteiger charge is 2.39. The first-order valence-electron chi connectivity index (χ1n) is 11.9. The van der Waals surface area contributed by atoms with Crippen LogP contribution < -0.4 is 19.5 Å². The van der Waals surface area contributed by atoms with E-state index in [-0.39, 0.29) is 17.8 Å². The number of rotatable bonds is 7. The smallest absolute Gasteiger partial charge is 0.251 e. The number of aromatic nitrogens is 1. The molecule has 0 spiro atoms. The summed E-state index contributed by atoms with van der Waals surface area (Å²) >= 11 is 1.57. The summed E-state index contributed by atoms with van der Waals surface area (Å²) < 4.78 is 31.2. The van der Waals surface area contributed by atoms with Gasteiger partial charge in [0.25, 0.3) is 5.91 Å². The Morgan fingerprint density at radius 3 is 2.40 bits per heavy atom. The maximum absolute atomic E-state index is 14.1. The molecule has 3 aromatic rings. The summed E-state index contributed by atoms with van der Waals surface area (Å²) in [4.78, 5) is 20.3. The van der Waals surface area contributed by atoms with Gasteiger partial charge >= 0.3 is 0 Å². The number of carbonyl (C=O) groups is 1. The van der Waals surface area contributed by atoms with E-state index in [0.717, 1.165) is 41.9 Å². The number of hydrogen-bond acceptors (Lipinski definition) is 7. The topological polar surface area (TPSA) is 72.9 Å². The molecule has 0 aliphatic carbocycles. The maximum Gasteiger partial charge on any atom is 0.251 e. The molecule has 1 N–H and O–H groups in total. The normalized spacial score (nSPS) is 22.1. The molecule has 0 saturated carbocycles. The minimum Gasteiger partial charge on any atom is -0.493 e. The van der Waals surface area contributed by atoms with Crippen molar-refractivity contribution in [3.63, 3.8) is 0 Å². The Balaban J connectivity index is 1.29. The zero-order valence-corrected chi connectivity index (χ0v) is 21.0. The standard InChI is InChI=1S/C26H30FN3O4S/c1-32-20-10-15(11-21(33-2)25(20)34-3)26(31)28-16-12-17-6-4-7-18(13-16)30(17)14-23-29-24-19(27)8-5-9-22(24)35-23/h5,8-11,16-18H,4,6-7,12-14H2,1-3H3,(H,28,31). The van der Waals surface area contributed by atoms with E-state index in [1.54, 1.807) is 29.5 Å². The van der Waals surface area contributed by atoms with Crippen molar-refractivity contribution in [3.8, 4) is 17.2 Å². The van der Waals surface area contributed by atoms with Crippen molar-refractivity contribution < 1.29 is 23.4 Å². The number of halogens is 1. The molecule has 2 unspecified atom stereocenters. The minimum absolute atomic E-state index is 0.0842. The average molecular weight is 500 g/mol. The Hall–Kier alpha value is -2.91. The summed E-state index contributed by atoms with van der Waals surface area (Å²) in [5.41, 5.74) is 0.939. The zero-order chi connectivity index (χ0) is 24.5. The molecule has 0 radical (unpaired) electrons. The molecule has 2 aromatic carbocycles. The predicted octanol–water partition coefficient (Wildman–Crippen LogP) is 4.78. The van der Waals surface area contributed by atoms with Crippen LogP contribution in [0.3, 0.4) is 0 Å². The van der Waals surface area contributed by atoms with Gasteiger partial charge in [-0.25, -0.2) is 9.37 Å². The lowest BCUT2D eigenvalue weighted by Gasteiger charge is -2.48. The highest BCUT2D eigenvalue weighted by atomic mass is 32.1. The lowest BCUT2D eigenvalue weighted by Crippen LogP contribution is -2.56. The fourth-order valence-corrected chi connectivity index (χ4v) is 6.51. The van der Waals surface area contributed by atoms with E-state index in [1.165, 1.54) is 33.8 Å². The molecule has 2 atom stereocenters. The van der Waals surface area contributed by atoms with Crippen molar-refractivity contribution in [3.05, 3.63) is 46.7 Å². The lowest BCUT2D eigenvalue weighted by molar-refractivity contribution is 0.0177. The van der Waals surface area contributed by atoms with Gasteiger partial charge in [0.1, 0.15) is 16.3 Å². The van der Waals surface area contributed by atoms with E-state index in [2.05, 4.69) is 15.2 Å². The molecule has 9 heteroatoms. The fourth-order valence-electron chi connectivity index (χ4n) is 5.52. The lowest BCUT2D eigenvalue weighted by atomic mass is 9.81. The molecule has 2 saturated heterocycles. The SMILES string of the molecule is COc1cc(C(=O)NC2CC3CCCC(C2)N3Cc2nc3c(F)cccc3s2)cc(OC)c1OC. The Labute approximate surface area is 208 Å². The van der Waals surface area contributed by atoms with E-state index in [4.69, 9.17) is 14.2 Å². The number of piperidine rings is 2. The van der Waals surface area contributed by atoms with Gasteiger partial charge in [-0.1, -0.05) is 12.5 Å². The summed E-state index contributed by atoms with van der Waals surface area (Å²) in [6.45, 7) is 0.724. The van der Waals surface area contributed by atoms with Crippen molar-refractivity contribution in [2.45, 2.75) is 56.8 Å². The average Bonchev–Trinajstić information content (AvgIpc) is 3.27. The number of benzene rings is 2. The van der Waals surface area contributed by atoms with Crippen molar-refractivity contribution in [2.75, 3.05) is 21.3 Å². The van der Waals surface area contributed by atoms with Crippen LogP contribution in [0.15, 0.2) is 30.3 Å². The molecule has 2 fully saturated rings. The van der Waals surface area contributed by atoms with Gasteiger partial charge in [-0.05, 0) is 49.9 Å². The van der Waals surface area contributed by atoms with E-state index in [9.17, 15) is 9.18 Å². The van der Waals surface area contributed by atoms with Crippen LogP contribution in [0.5, 0.6) is 17.2 Å². The second-order valence-electron chi connectivity index (χ2n) is 9.16. The van der Waals surface area contributed by atoms with Crippen molar-refractivity contribution in [1.82, 2.24) is 15.2 Å². The number of fused-ring (bicyclic) bond motifs is 3. The van der Waals surface area contributed by atoms with E-state index < -0.39 is 0 Å². The van der Waals surface area contributed by atoms with Crippen molar-refractivity contribution in [1.29, 1.82) is 0 Å². The third kappa shape index (κ3) is 4.67. The van der Waals surface area contributed by atoms with Gasteiger partial charge < -0.3 is 19.5 Å². The third-order valence-corrected chi connectivity index (χ3v) is 8.13. The van der Waals surface area contributed by atoms with Gasteiger partial charge in [-0.3, -0.25) is 9.69 Å². The van der Waals surface area contributed by atoms with Crippen LogP contribution >= 0.6 is 11.3 Å². The fraction of sp³-hybridized carbons (Fsp3) is 0.462. The van der Waals surface area contributed by atoms with Crippen LogP contribution in [0.4, 0.5) is 4.39 Å². The van der Waals surface area contributed by atoms with E-state index in [1.807, 2.05) is 6.07 Å². The number of amides is 1. The van der Waals surface area contributed by atoms with Crippen LogP contribution in [0.2, 0.25) is 0 Å². The first-order chi connectivity index (χ1) is 17.0. The molecule has 1 amide bonds. The minimum atomic E-state index is -0.265. The second kappa shape index (κ2) is 9.99. The first kappa shape index (κ1) is 23.8. The number of methoxy groups -OCH3 is 3. The number of thiazole rings is 1. The molecule has 3 heterocycles. The predicted molar refractivity (Wildman–Crippen MR) is 133 cm³/mol. The summed E-state index contributed by atoms with van der Waals surface area (Å²) in [6.07, 6.45) is 5.13.